The van der Waals surface area contributed by atoms with E-state index >= 15 is 0 Å². The van der Waals surface area contributed by atoms with Crippen LogP contribution in [0.25, 0.3) is 11.0 Å². The Morgan fingerprint density at radius 3 is 2.68 bits per heavy atom. The predicted octanol–water partition coefficient (Wildman–Crippen LogP) is 2.30. The number of rotatable bonds is 2. The van der Waals surface area contributed by atoms with Gasteiger partial charge < -0.3 is 5.73 Å². The van der Waals surface area contributed by atoms with E-state index in [2.05, 4.69) is 63.2 Å². The van der Waals surface area contributed by atoms with Crippen molar-refractivity contribution in [2.24, 2.45) is 10.7 Å². The summed E-state index contributed by atoms with van der Waals surface area (Å²) >= 11 is 0. The van der Waals surface area contributed by atoms with Gasteiger partial charge in [-0.2, -0.15) is 4.99 Å². The molecule has 0 unspecified atom stereocenters. The van der Waals surface area contributed by atoms with Gasteiger partial charge in [0.25, 0.3) is 5.96 Å². The number of benzene rings is 2. The molecule has 0 spiro atoms. The number of nitrogens with zero attached hydrogens (tertiary/aromatic N) is 2. The molecular weight excluding hydrogens is 274 g/mol. The number of para-hydroxylation sites is 2. The molecule has 2 heterocycles. The third-order valence-corrected chi connectivity index (χ3v) is 4.10. The molecule has 2 aromatic carbocycles. The molecule has 1 aromatic heterocycles. The molecule has 1 atom stereocenters. The summed E-state index contributed by atoms with van der Waals surface area (Å²) in [5, 5.41) is 3.11. The third-order valence-electron chi connectivity index (χ3n) is 4.10. The number of aromatic nitrogens is 2. The van der Waals surface area contributed by atoms with Crippen LogP contribution in [-0.4, -0.2) is 10.9 Å². The highest BCUT2D eigenvalue weighted by molar-refractivity contribution is 5.92. The number of aromatic amines is 1. The Balaban J connectivity index is 1.89. The van der Waals surface area contributed by atoms with E-state index in [0.717, 1.165) is 29.0 Å². The van der Waals surface area contributed by atoms with Gasteiger partial charge in [0.05, 0.1) is 0 Å². The van der Waals surface area contributed by atoms with Crippen LogP contribution < -0.4 is 15.6 Å². The summed E-state index contributed by atoms with van der Waals surface area (Å²) in [4.78, 5) is 7.96. The Hall–Kier alpha value is -2.82. The average molecular weight is 292 g/mol. The fraction of sp³-hybridized carbons (Fsp3) is 0.176. The lowest BCUT2D eigenvalue weighted by molar-refractivity contribution is -0.674. The van der Waals surface area contributed by atoms with Gasteiger partial charge in [-0.3, -0.25) is 0 Å². The third kappa shape index (κ3) is 1.94. The van der Waals surface area contributed by atoms with Crippen LogP contribution in [0.4, 0.5) is 5.95 Å². The number of guanidine groups is 1. The Labute approximate surface area is 128 Å². The molecule has 0 aliphatic carbocycles. The number of fused-ring (bicyclic) bond motifs is 3. The molecule has 0 amide bonds. The quantitative estimate of drug-likeness (QED) is 0.634. The van der Waals surface area contributed by atoms with Crippen molar-refractivity contribution in [1.82, 2.24) is 4.98 Å². The highest BCUT2D eigenvalue weighted by atomic mass is 15.4. The Kier molecular flexibility index (Phi) is 2.85. The van der Waals surface area contributed by atoms with E-state index in [1.54, 1.807) is 0 Å². The van der Waals surface area contributed by atoms with Gasteiger partial charge in [-0.15, -0.1) is 0 Å². The van der Waals surface area contributed by atoms with Crippen molar-refractivity contribution in [2.45, 2.75) is 19.5 Å². The highest BCUT2D eigenvalue weighted by Crippen LogP contribution is 2.24. The van der Waals surface area contributed by atoms with Crippen molar-refractivity contribution < 1.29 is 4.57 Å². The van der Waals surface area contributed by atoms with Crippen LogP contribution in [0.1, 0.15) is 24.2 Å². The van der Waals surface area contributed by atoms with Crippen LogP contribution in [-0.2, 0) is 6.42 Å². The van der Waals surface area contributed by atoms with E-state index in [4.69, 9.17) is 5.73 Å². The maximum absolute atomic E-state index is 5.96. The number of hydrogen-bond acceptors (Lipinski definition) is 3. The smallest absolute Gasteiger partial charge is 0.357 e. The van der Waals surface area contributed by atoms with Crippen LogP contribution in [0, 0.1) is 0 Å². The molecule has 110 valence electrons. The van der Waals surface area contributed by atoms with E-state index < -0.39 is 0 Å². The molecule has 5 nitrogen and oxygen atoms in total. The summed E-state index contributed by atoms with van der Waals surface area (Å²) < 4.78 is 2.15. The summed E-state index contributed by atoms with van der Waals surface area (Å²) in [6.45, 7) is 2.15. The van der Waals surface area contributed by atoms with Gasteiger partial charge >= 0.3 is 5.95 Å². The Bertz CT molecular complexity index is 860. The number of H-pyrrole nitrogens is 1. The first-order chi connectivity index (χ1) is 10.8. The number of nitrogens with one attached hydrogen (secondary N) is 2. The first kappa shape index (κ1) is 12.9. The molecule has 22 heavy (non-hydrogen) atoms. The summed E-state index contributed by atoms with van der Waals surface area (Å²) in [6.07, 6.45) is 0.877. The highest BCUT2D eigenvalue weighted by Gasteiger charge is 2.30. The van der Waals surface area contributed by atoms with E-state index in [-0.39, 0.29) is 6.17 Å². The molecule has 3 aromatic rings. The summed E-state index contributed by atoms with van der Waals surface area (Å²) in [7, 11) is 0. The number of aliphatic imine (C=N–C) groups is 1. The molecule has 0 saturated carbocycles. The van der Waals surface area contributed by atoms with Crippen LogP contribution in [0.15, 0.2) is 53.5 Å². The number of anilines is 1. The first-order valence-corrected chi connectivity index (χ1v) is 7.47. The van der Waals surface area contributed by atoms with Crippen molar-refractivity contribution in [3.05, 3.63) is 59.7 Å². The standard InChI is InChI=1S/C17H17N5/c1-2-11-7-9-12(10-8-11)15-20-16(18)21-17-19-13-5-3-4-6-14(13)22(15)17/h3-10,15H,2H2,1H3,(H3,18,19,20,21)/p+1/t15-/m1/s1. The summed E-state index contributed by atoms with van der Waals surface area (Å²) in [5.41, 5.74) is 10.6. The van der Waals surface area contributed by atoms with Crippen molar-refractivity contribution in [2.75, 3.05) is 5.32 Å². The second-order valence-corrected chi connectivity index (χ2v) is 5.47. The first-order valence-electron chi connectivity index (χ1n) is 7.47. The van der Waals surface area contributed by atoms with Gasteiger partial charge in [-0.1, -0.05) is 43.3 Å². The molecule has 4 rings (SSSR count). The second-order valence-electron chi connectivity index (χ2n) is 5.47. The van der Waals surface area contributed by atoms with Crippen molar-refractivity contribution in [3.63, 3.8) is 0 Å². The molecule has 4 N–H and O–H groups in total. The van der Waals surface area contributed by atoms with Crippen molar-refractivity contribution in [3.8, 4) is 0 Å². The molecule has 1 aliphatic heterocycles. The second kappa shape index (κ2) is 4.87. The normalized spacial score (nSPS) is 17.0. The number of aryl methyl sites for hydroxylation is 1. The molecule has 0 radical (unpaired) electrons. The zero-order valence-electron chi connectivity index (χ0n) is 12.4. The molecule has 0 saturated heterocycles. The SMILES string of the molecule is CCc1ccc([C@@H]2N=C(N)Nc3[nH]c4ccccc4[n+]32)cc1. The van der Waals surface area contributed by atoms with Gasteiger partial charge in [0.2, 0.25) is 6.17 Å². The fourth-order valence-electron chi connectivity index (χ4n) is 2.94. The van der Waals surface area contributed by atoms with Crippen LogP contribution in [0.3, 0.4) is 0 Å². The van der Waals surface area contributed by atoms with Crippen LogP contribution in [0.5, 0.6) is 0 Å². The van der Waals surface area contributed by atoms with Crippen LogP contribution in [0.2, 0.25) is 0 Å². The van der Waals surface area contributed by atoms with Gasteiger partial charge in [0.15, 0.2) is 0 Å². The zero-order chi connectivity index (χ0) is 15.1. The minimum absolute atomic E-state index is 0.154. The topological polar surface area (TPSA) is 70.1 Å². The minimum atomic E-state index is -0.154. The van der Waals surface area contributed by atoms with Gasteiger partial charge in [0, 0.05) is 5.56 Å². The van der Waals surface area contributed by atoms with Crippen LogP contribution >= 0.6 is 0 Å². The van der Waals surface area contributed by atoms with Gasteiger partial charge in [-0.25, -0.2) is 14.9 Å². The lowest BCUT2D eigenvalue weighted by Crippen LogP contribution is -2.48. The number of imidazole rings is 1. The molecule has 0 fully saturated rings. The largest absolute Gasteiger partial charge is 0.365 e. The zero-order valence-corrected chi connectivity index (χ0v) is 12.4. The van der Waals surface area contributed by atoms with E-state index in [9.17, 15) is 0 Å². The van der Waals surface area contributed by atoms with E-state index in [1.165, 1.54) is 5.56 Å². The summed E-state index contributed by atoms with van der Waals surface area (Å²) in [5.74, 6) is 1.29. The molecule has 5 heteroatoms. The van der Waals surface area contributed by atoms with E-state index in [0.29, 0.717) is 5.96 Å². The number of hydrogen-bond donors (Lipinski definition) is 3. The van der Waals surface area contributed by atoms with Crippen molar-refractivity contribution in [1.29, 1.82) is 0 Å². The lowest BCUT2D eigenvalue weighted by Gasteiger charge is -2.18. The minimum Gasteiger partial charge on any atom is -0.357 e. The fourth-order valence-corrected chi connectivity index (χ4v) is 2.94. The molecular formula is C17H18N5+. The van der Waals surface area contributed by atoms with Crippen molar-refractivity contribution >= 4 is 22.9 Å². The maximum Gasteiger partial charge on any atom is 0.365 e. The Morgan fingerprint density at radius 2 is 1.91 bits per heavy atom. The molecule has 0 bridgehead atoms. The Morgan fingerprint density at radius 1 is 1.14 bits per heavy atom. The van der Waals surface area contributed by atoms with Gasteiger partial charge in [0.1, 0.15) is 11.0 Å². The average Bonchev–Trinajstić information content (AvgIpc) is 2.92. The van der Waals surface area contributed by atoms with E-state index in [1.807, 2.05) is 12.1 Å². The molecule has 1 aliphatic rings. The van der Waals surface area contributed by atoms with Gasteiger partial charge in [-0.05, 0) is 24.1 Å². The number of nitrogens with two attached hydrogens (primary N) is 1. The monoisotopic (exact) mass is 292 g/mol. The predicted molar refractivity (Wildman–Crippen MR) is 87.7 cm³/mol. The lowest BCUT2D eigenvalue weighted by atomic mass is 10.1. The maximum atomic E-state index is 5.96. The summed E-state index contributed by atoms with van der Waals surface area (Å²) in [6, 6.07) is 16.7.